The van der Waals surface area contributed by atoms with Gasteiger partial charge >= 0.3 is 0 Å². The minimum Gasteiger partial charge on any atom is -0.381 e. The highest BCUT2D eigenvalue weighted by Crippen LogP contribution is 2.20. The number of hydrogen-bond acceptors (Lipinski definition) is 2. The third-order valence-corrected chi connectivity index (χ3v) is 2.95. The van der Waals surface area contributed by atoms with Crippen molar-refractivity contribution in [1.29, 1.82) is 0 Å². The van der Waals surface area contributed by atoms with Crippen molar-refractivity contribution >= 4 is 17.3 Å². The molecule has 0 radical (unpaired) electrons. The SMILES string of the molecule is CC(=O)Nc1ccc(NCc2ccc(F)cc2)cc1C. The molecule has 0 spiro atoms. The van der Waals surface area contributed by atoms with Gasteiger partial charge in [0.05, 0.1) is 0 Å². The molecule has 2 rings (SSSR count). The van der Waals surface area contributed by atoms with Crippen molar-refractivity contribution in [2.75, 3.05) is 10.6 Å². The maximum atomic E-state index is 12.8. The van der Waals surface area contributed by atoms with Crippen molar-refractivity contribution in [2.24, 2.45) is 0 Å². The molecule has 0 aliphatic heterocycles. The smallest absolute Gasteiger partial charge is 0.221 e. The zero-order chi connectivity index (χ0) is 14.5. The third kappa shape index (κ3) is 3.82. The fraction of sp³-hybridized carbons (Fsp3) is 0.188. The van der Waals surface area contributed by atoms with Gasteiger partial charge in [0.2, 0.25) is 5.91 Å². The van der Waals surface area contributed by atoms with Gasteiger partial charge in [0.1, 0.15) is 5.82 Å². The van der Waals surface area contributed by atoms with Crippen LogP contribution in [0.15, 0.2) is 42.5 Å². The van der Waals surface area contributed by atoms with Crippen molar-refractivity contribution in [3.05, 3.63) is 59.4 Å². The van der Waals surface area contributed by atoms with Crippen LogP contribution in [0.25, 0.3) is 0 Å². The molecule has 0 aliphatic rings. The molecule has 1 amide bonds. The number of anilines is 2. The fourth-order valence-corrected chi connectivity index (χ4v) is 1.91. The van der Waals surface area contributed by atoms with Crippen LogP contribution in [0.3, 0.4) is 0 Å². The monoisotopic (exact) mass is 272 g/mol. The second-order valence-corrected chi connectivity index (χ2v) is 4.69. The van der Waals surface area contributed by atoms with Crippen LogP contribution >= 0.6 is 0 Å². The number of aryl methyl sites for hydroxylation is 1. The van der Waals surface area contributed by atoms with Crippen LogP contribution in [0.1, 0.15) is 18.1 Å². The summed E-state index contributed by atoms with van der Waals surface area (Å²) in [4.78, 5) is 11.0. The molecule has 0 saturated carbocycles. The summed E-state index contributed by atoms with van der Waals surface area (Å²) in [5.74, 6) is -0.315. The van der Waals surface area contributed by atoms with Crippen molar-refractivity contribution < 1.29 is 9.18 Å². The quantitative estimate of drug-likeness (QED) is 0.891. The van der Waals surface area contributed by atoms with Gasteiger partial charge in [0, 0.05) is 24.8 Å². The average Bonchev–Trinajstić information content (AvgIpc) is 2.40. The second-order valence-electron chi connectivity index (χ2n) is 4.69. The van der Waals surface area contributed by atoms with E-state index in [-0.39, 0.29) is 11.7 Å². The summed E-state index contributed by atoms with van der Waals surface area (Å²) in [7, 11) is 0. The highest BCUT2D eigenvalue weighted by Gasteiger charge is 2.02. The van der Waals surface area contributed by atoms with Gasteiger partial charge in [-0.25, -0.2) is 4.39 Å². The van der Waals surface area contributed by atoms with E-state index in [0.717, 1.165) is 22.5 Å². The first kappa shape index (κ1) is 14.1. The summed E-state index contributed by atoms with van der Waals surface area (Å²) in [6.07, 6.45) is 0. The maximum Gasteiger partial charge on any atom is 0.221 e. The highest BCUT2D eigenvalue weighted by atomic mass is 19.1. The van der Waals surface area contributed by atoms with Gasteiger partial charge in [0.15, 0.2) is 0 Å². The van der Waals surface area contributed by atoms with E-state index in [4.69, 9.17) is 0 Å². The first-order valence-electron chi connectivity index (χ1n) is 6.41. The Morgan fingerprint density at radius 3 is 2.45 bits per heavy atom. The molecular weight excluding hydrogens is 255 g/mol. The van der Waals surface area contributed by atoms with E-state index in [2.05, 4.69) is 10.6 Å². The van der Waals surface area contributed by atoms with Gasteiger partial charge in [-0.2, -0.15) is 0 Å². The Morgan fingerprint density at radius 2 is 1.85 bits per heavy atom. The Hall–Kier alpha value is -2.36. The molecule has 2 aromatic carbocycles. The molecule has 0 heterocycles. The predicted octanol–water partition coefficient (Wildman–Crippen LogP) is 3.70. The third-order valence-electron chi connectivity index (χ3n) is 2.95. The fourth-order valence-electron chi connectivity index (χ4n) is 1.91. The molecule has 104 valence electrons. The molecule has 0 unspecified atom stereocenters. The minimum atomic E-state index is -0.232. The molecule has 4 heteroatoms. The van der Waals surface area contributed by atoms with Crippen LogP contribution in [0.5, 0.6) is 0 Å². The molecule has 0 aromatic heterocycles. The largest absolute Gasteiger partial charge is 0.381 e. The number of carbonyl (C=O) groups is 1. The summed E-state index contributed by atoms with van der Waals surface area (Å²) < 4.78 is 12.8. The molecular formula is C16H17FN2O. The number of rotatable bonds is 4. The predicted molar refractivity (Wildman–Crippen MR) is 79.2 cm³/mol. The summed E-state index contributed by atoms with van der Waals surface area (Å²) in [6, 6.07) is 12.1. The maximum absolute atomic E-state index is 12.8. The molecule has 0 bridgehead atoms. The summed E-state index contributed by atoms with van der Waals surface area (Å²) in [5.41, 5.74) is 3.77. The normalized spacial score (nSPS) is 10.2. The van der Waals surface area contributed by atoms with E-state index in [9.17, 15) is 9.18 Å². The van der Waals surface area contributed by atoms with Gasteiger partial charge in [-0.3, -0.25) is 4.79 Å². The van der Waals surface area contributed by atoms with Crippen LogP contribution in [-0.2, 0) is 11.3 Å². The number of carbonyl (C=O) groups excluding carboxylic acids is 1. The van der Waals surface area contributed by atoms with E-state index in [0.29, 0.717) is 6.54 Å². The second kappa shape index (κ2) is 6.19. The van der Waals surface area contributed by atoms with Crippen molar-refractivity contribution in [1.82, 2.24) is 0 Å². The Bertz CT molecular complexity index is 608. The topological polar surface area (TPSA) is 41.1 Å². The summed E-state index contributed by atoms with van der Waals surface area (Å²) >= 11 is 0. The van der Waals surface area contributed by atoms with Gasteiger partial charge < -0.3 is 10.6 Å². The molecule has 2 aromatic rings. The first-order valence-corrected chi connectivity index (χ1v) is 6.41. The molecule has 0 fully saturated rings. The summed E-state index contributed by atoms with van der Waals surface area (Å²) in [6.45, 7) is 4.05. The van der Waals surface area contributed by atoms with Crippen LogP contribution in [-0.4, -0.2) is 5.91 Å². The Labute approximate surface area is 117 Å². The van der Waals surface area contributed by atoms with E-state index in [1.807, 2.05) is 25.1 Å². The number of halogens is 1. The van der Waals surface area contributed by atoms with Gasteiger partial charge in [-0.15, -0.1) is 0 Å². The molecule has 0 atom stereocenters. The van der Waals surface area contributed by atoms with Crippen molar-refractivity contribution in [2.45, 2.75) is 20.4 Å². The lowest BCUT2D eigenvalue weighted by Gasteiger charge is -2.11. The molecule has 3 nitrogen and oxygen atoms in total. The lowest BCUT2D eigenvalue weighted by molar-refractivity contribution is -0.114. The Kier molecular flexibility index (Phi) is 4.35. The summed E-state index contributed by atoms with van der Waals surface area (Å²) in [5, 5.41) is 6.04. The zero-order valence-corrected chi connectivity index (χ0v) is 11.5. The molecule has 0 aliphatic carbocycles. The number of nitrogens with one attached hydrogen (secondary N) is 2. The van der Waals surface area contributed by atoms with Gasteiger partial charge in [-0.1, -0.05) is 12.1 Å². The molecule has 0 saturated heterocycles. The first-order chi connectivity index (χ1) is 9.54. The highest BCUT2D eigenvalue weighted by molar-refractivity contribution is 5.89. The Balaban J connectivity index is 2.01. The van der Waals surface area contributed by atoms with Gasteiger partial charge in [0.25, 0.3) is 0 Å². The van der Waals surface area contributed by atoms with Gasteiger partial charge in [-0.05, 0) is 48.4 Å². The molecule has 2 N–H and O–H groups in total. The van der Waals surface area contributed by atoms with Crippen LogP contribution in [0.4, 0.5) is 15.8 Å². The standard InChI is InChI=1S/C16H17FN2O/c1-11-9-15(7-8-16(11)19-12(2)20)18-10-13-3-5-14(17)6-4-13/h3-9,18H,10H2,1-2H3,(H,19,20). The van der Waals surface area contributed by atoms with E-state index < -0.39 is 0 Å². The van der Waals surface area contributed by atoms with Crippen molar-refractivity contribution in [3.8, 4) is 0 Å². The van der Waals surface area contributed by atoms with Crippen LogP contribution in [0, 0.1) is 12.7 Å². The lowest BCUT2D eigenvalue weighted by atomic mass is 10.1. The van der Waals surface area contributed by atoms with E-state index in [1.54, 1.807) is 12.1 Å². The average molecular weight is 272 g/mol. The lowest BCUT2D eigenvalue weighted by Crippen LogP contribution is -2.07. The number of amides is 1. The Morgan fingerprint density at radius 1 is 1.15 bits per heavy atom. The minimum absolute atomic E-state index is 0.0832. The zero-order valence-electron chi connectivity index (χ0n) is 11.5. The van der Waals surface area contributed by atoms with Crippen LogP contribution in [0.2, 0.25) is 0 Å². The van der Waals surface area contributed by atoms with Crippen LogP contribution < -0.4 is 10.6 Å². The van der Waals surface area contributed by atoms with Crippen molar-refractivity contribution in [3.63, 3.8) is 0 Å². The number of hydrogen-bond donors (Lipinski definition) is 2. The van der Waals surface area contributed by atoms with E-state index in [1.165, 1.54) is 19.1 Å². The molecule has 20 heavy (non-hydrogen) atoms. The van der Waals surface area contributed by atoms with E-state index >= 15 is 0 Å². The number of benzene rings is 2.